The highest BCUT2D eigenvalue weighted by atomic mass is 16.7. The molecule has 3 N–H and O–H groups in total. The minimum atomic E-state index is -1.91. The number of esters is 3. The minimum absolute atomic E-state index is 0.0463. The number of hydrogen-bond acceptors (Lipinski definition) is 11. The van der Waals surface area contributed by atoms with Gasteiger partial charge < -0.3 is 39.0 Å². The molecule has 1 saturated heterocycles. The third-order valence-corrected chi connectivity index (χ3v) is 13.9. The van der Waals surface area contributed by atoms with Crippen molar-refractivity contribution in [3.05, 3.63) is 85.1 Å². The van der Waals surface area contributed by atoms with Gasteiger partial charge in [-0.1, -0.05) is 221 Å². The molecule has 1 heterocycles. The molecule has 6 unspecified atom stereocenters. The lowest BCUT2D eigenvalue weighted by Crippen LogP contribution is -2.61. The Bertz CT molecular complexity index is 1700. The van der Waals surface area contributed by atoms with Crippen LogP contribution in [0.3, 0.4) is 0 Å². The molecule has 0 spiro atoms. The van der Waals surface area contributed by atoms with E-state index in [4.69, 9.17) is 23.7 Å². The van der Waals surface area contributed by atoms with Crippen LogP contribution < -0.4 is 0 Å². The van der Waals surface area contributed by atoms with Gasteiger partial charge in [0.15, 0.2) is 24.6 Å². The molecule has 12 heteroatoms. The zero-order valence-corrected chi connectivity index (χ0v) is 49.8. The van der Waals surface area contributed by atoms with Gasteiger partial charge in [-0.15, -0.1) is 0 Å². The Morgan fingerprint density at radius 3 is 1.23 bits per heavy atom. The van der Waals surface area contributed by atoms with Gasteiger partial charge in [0.2, 0.25) is 0 Å². The largest absolute Gasteiger partial charge is 0.479 e. The molecule has 1 aliphatic heterocycles. The fourth-order valence-corrected chi connectivity index (χ4v) is 9.16. The van der Waals surface area contributed by atoms with Crippen molar-refractivity contribution in [2.75, 3.05) is 13.2 Å². The van der Waals surface area contributed by atoms with E-state index in [0.29, 0.717) is 19.3 Å². The Kier molecular flexibility index (Phi) is 50.3. The highest BCUT2D eigenvalue weighted by molar-refractivity contribution is 5.74. The Balaban J connectivity index is 2.69. The zero-order chi connectivity index (χ0) is 57.5. The molecule has 1 rings (SSSR count). The molecule has 0 aromatic rings. The van der Waals surface area contributed by atoms with Crippen molar-refractivity contribution in [2.24, 2.45) is 0 Å². The molecule has 79 heavy (non-hydrogen) atoms. The van der Waals surface area contributed by atoms with Gasteiger partial charge in [0.1, 0.15) is 18.8 Å². The standard InChI is InChI=1S/C67H112O12/c1-4-7-10-13-16-19-22-25-28-30-33-35-38-41-44-47-50-53-59(68)75-56-58(77-60(69)54-51-48-45-42-39-37-34-31-29-26-23-20-17-14-11-8-5-2)57-76-67-65(63(72)62(71)64(79-67)66(73)74)78-61(70)55-52-49-46-43-40-36-32-27-24-21-18-15-12-9-6-3/h7-8,10-11,16-17,19-20,25-29,32,58,62-65,67,71-72H,4-6,9,12-15,18,21-24,30-31,33-57H2,1-3H3,(H,73,74)/b10-7-,11-8-,19-16-,20-17-,28-25-,29-26-,32-27-. The van der Waals surface area contributed by atoms with E-state index in [9.17, 15) is 34.5 Å². The van der Waals surface area contributed by atoms with Gasteiger partial charge in [-0.05, 0) is 109 Å². The zero-order valence-electron chi connectivity index (χ0n) is 49.8. The van der Waals surface area contributed by atoms with Crippen molar-refractivity contribution in [3.63, 3.8) is 0 Å². The highest BCUT2D eigenvalue weighted by Crippen LogP contribution is 2.26. The maximum atomic E-state index is 13.2. The van der Waals surface area contributed by atoms with E-state index >= 15 is 0 Å². The summed E-state index contributed by atoms with van der Waals surface area (Å²) in [5, 5.41) is 31.6. The molecule has 0 aliphatic carbocycles. The molecule has 1 aliphatic rings. The molecule has 0 aromatic carbocycles. The molecule has 12 nitrogen and oxygen atoms in total. The summed E-state index contributed by atoms with van der Waals surface area (Å²) in [5.74, 6) is -3.15. The van der Waals surface area contributed by atoms with Crippen LogP contribution in [-0.2, 0) is 42.9 Å². The lowest BCUT2D eigenvalue weighted by atomic mass is 9.98. The number of unbranched alkanes of at least 4 members (excludes halogenated alkanes) is 25. The molecule has 0 radical (unpaired) electrons. The van der Waals surface area contributed by atoms with E-state index in [1.165, 1.54) is 44.9 Å². The number of allylic oxidation sites excluding steroid dienone is 14. The van der Waals surface area contributed by atoms with E-state index in [2.05, 4.69) is 106 Å². The summed E-state index contributed by atoms with van der Waals surface area (Å²) in [6, 6.07) is 0. The average molecular weight is 1110 g/mol. The van der Waals surface area contributed by atoms with Crippen LogP contribution in [0.25, 0.3) is 0 Å². The van der Waals surface area contributed by atoms with Crippen molar-refractivity contribution >= 4 is 23.9 Å². The second-order valence-corrected chi connectivity index (χ2v) is 21.3. The topological polar surface area (TPSA) is 175 Å². The summed E-state index contributed by atoms with van der Waals surface area (Å²) >= 11 is 0. The first kappa shape index (κ1) is 72.9. The predicted octanol–water partition coefficient (Wildman–Crippen LogP) is 16.7. The van der Waals surface area contributed by atoms with E-state index in [-0.39, 0.29) is 25.9 Å². The van der Waals surface area contributed by atoms with Gasteiger partial charge in [0.05, 0.1) is 6.61 Å². The van der Waals surface area contributed by atoms with Crippen LogP contribution in [0.15, 0.2) is 85.1 Å². The number of hydrogen-bond donors (Lipinski definition) is 3. The van der Waals surface area contributed by atoms with Crippen LogP contribution in [0, 0.1) is 0 Å². The SMILES string of the molecule is CC/C=C\C/C=C\C/C=C\CCCCCCCCCC(=O)OCC(COC1OC(C(=O)O)C(O)C(O)C1OC(=O)CCCCCCC/C=C\CCCCCCCC)OC(=O)CCCCCCCCC/C=C\C/C=C\C/C=C\CC. The molecule has 6 atom stereocenters. The van der Waals surface area contributed by atoms with Crippen molar-refractivity contribution in [1.29, 1.82) is 0 Å². The molecule has 452 valence electrons. The summed E-state index contributed by atoms with van der Waals surface area (Å²) in [4.78, 5) is 51.3. The fourth-order valence-electron chi connectivity index (χ4n) is 9.16. The second-order valence-electron chi connectivity index (χ2n) is 21.3. The van der Waals surface area contributed by atoms with E-state index < -0.39 is 67.3 Å². The lowest BCUT2D eigenvalue weighted by molar-refractivity contribution is -0.301. The van der Waals surface area contributed by atoms with Gasteiger partial charge >= 0.3 is 23.9 Å². The first-order valence-corrected chi connectivity index (χ1v) is 31.6. The number of ether oxygens (including phenoxy) is 5. The number of aliphatic hydroxyl groups excluding tert-OH is 2. The summed E-state index contributed by atoms with van der Waals surface area (Å²) in [6.07, 6.45) is 58.2. The van der Waals surface area contributed by atoms with Gasteiger partial charge in [0.25, 0.3) is 0 Å². The lowest BCUT2D eigenvalue weighted by Gasteiger charge is -2.40. The van der Waals surface area contributed by atoms with Crippen molar-refractivity contribution in [1.82, 2.24) is 0 Å². The van der Waals surface area contributed by atoms with E-state index in [0.717, 1.165) is 161 Å². The second kappa shape index (κ2) is 54.5. The summed E-state index contributed by atoms with van der Waals surface area (Å²) in [5.41, 5.74) is 0. The van der Waals surface area contributed by atoms with Crippen molar-refractivity contribution < 1.29 is 58.2 Å². The molecular weight excluding hydrogens is 997 g/mol. The Hall–Kier alpha value is -4.10. The van der Waals surface area contributed by atoms with Crippen molar-refractivity contribution in [2.45, 2.75) is 302 Å². The highest BCUT2D eigenvalue weighted by Gasteiger charge is 2.50. The third-order valence-electron chi connectivity index (χ3n) is 13.9. The van der Waals surface area contributed by atoms with Crippen LogP contribution in [0.5, 0.6) is 0 Å². The summed E-state index contributed by atoms with van der Waals surface area (Å²) < 4.78 is 28.5. The van der Waals surface area contributed by atoms with Crippen LogP contribution in [0.1, 0.15) is 265 Å². The van der Waals surface area contributed by atoms with Gasteiger partial charge in [-0.25, -0.2) is 4.79 Å². The predicted molar refractivity (Wildman–Crippen MR) is 321 cm³/mol. The quantitative estimate of drug-likeness (QED) is 0.0228. The molecular formula is C67H112O12. The maximum absolute atomic E-state index is 13.2. The van der Waals surface area contributed by atoms with E-state index in [1.54, 1.807) is 0 Å². The maximum Gasteiger partial charge on any atom is 0.335 e. The average Bonchev–Trinajstić information content (AvgIpc) is 3.46. The van der Waals surface area contributed by atoms with Gasteiger partial charge in [-0.2, -0.15) is 0 Å². The first-order valence-electron chi connectivity index (χ1n) is 31.6. The molecule has 0 aromatic heterocycles. The molecule has 1 fully saturated rings. The first-order chi connectivity index (χ1) is 38.6. The number of rotatable bonds is 53. The monoisotopic (exact) mass is 1110 g/mol. The van der Waals surface area contributed by atoms with Gasteiger partial charge in [0, 0.05) is 19.3 Å². The number of carboxylic acids is 1. The molecule has 0 amide bonds. The van der Waals surface area contributed by atoms with Crippen LogP contribution in [0.2, 0.25) is 0 Å². The summed E-state index contributed by atoms with van der Waals surface area (Å²) in [7, 11) is 0. The van der Waals surface area contributed by atoms with E-state index in [1.807, 2.05) is 0 Å². The molecule has 0 saturated carbocycles. The van der Waals surface area contributed by atoms with Gasteiger partial charge in [-0.3, -0.25) is 14.4 Å². The molecule has 0 bridgehead atoms. The normalized spacial score (nSPS) is 18.4. The fraction of sp³-hybridized carbons (Fsp3) is 0.731. The smallest absolute Gasteiger partial charge is 0.335 e. The minimum Gasteiger partial charge on any atom is -0.479 e. The van der Waals surface area contributed by atoms with Crippen LogP contribution >= 0.6 is 0 Å². The van der Waals surface area contributed by atoms with Crippen molar-refractivity contribution in [3.8, 4) is 0 Å². The number of aliphatic carboxylic acids is 1. The third kappa shape index (κ3) is 44.3. The summed E-state index contributed by atoms with van der Waals surface area (Å²) in [6.45, 7) is 5.76. The van der Waals surface area contributed by atoms with Crippen LogP contribution in [0.4, 0.5) is 0 Å². The number of carboxylic acid groups (broad SMARTS) is 1. The van der Waals surface area contributed by atoms with Crippen LogP contribution in [-0.4, -0.2) is 89.2 Å². The number of carbonyl (C=O) groups excluding carboxylic acids is 3. The number of aliphatic hydroxyl groups is 2. The Morgan fingerprint density at radius 2 is 0.797 bits per heavy atom. The Morgan fingerprint density at radius 1 is 0.430 bits per heavy atom. The Labute approximate surface area is 480 Å². The number of carbonyl (C=O) groups is 4.